The zero-order valence-corrected chi connectivity index (χ0v) is 13.1. The van der Waals surface area contributed by atoms with Crippen molar-refractivity contribution in [3.05, 3.63) is 29.3 Å². The van der Waals surface area contributed by atoms with Crippen molar-refractivity contribution in [1.82, 2.24) is 4.31 Å². The van der Waals surface area contributed by atoms with Crippen molar-refractivity contribution in [2.24, 2.45) is 11.7 Å². The predicted octanol–water partition coefficient (Wildman–Crippen LogP) is 2.33. The van der Waals surface area contributed by atoms with E-state index in [4.69, 9.17) is 17.3 Å². The van der Waals surface area contributed by atoms with E-state index in [2.05, 4.69) is 0 Å². The fourth-order valence-corrected chi connectivity index (χ4v) is 3.28. The molecule has 0 spiro atoms. The molecular weight excluding hydrogens is 284 g/mol. The lowest BCUT2D eigenvalue weighted by Crippen LogP contribution is -2.34. The Balaban J connectivity index is 2.81. The first-order valence-corrected chi connectivity index (χ1v) is 8.05. The summed E-state index contributed by atoms with van der Waals surface area (Å²) in [7, 11) is -2.00. The Kier molecular flexibility index (Phi) is 5.80. The Bertz CT molecular complexity index is 517. The second-order valence-electron chi connectivity index (χ2n) is 4.95. The molecule has 0 fully saturated rings. The predicted molar refractivity (Wildman–Crippen MR) is 78.7 cm³/mol. The van der Waals surface area contributed by atoms with Gasteiger partial charge in [0.15, 0.2) is 0 Å². The van der Waals surface area contributed by atoms with E-state index in [1.54, 1.807) is 25.2 Å². The van der Waals surface area contributed by atoms with Gasteiger partial charge in [-0.2, -0.15) is 0 Å². The first kappa shape index (κ1) is 16.4. The number of sulfonamides is 1. The van der Waals surface area contributed by atoms with Crippen LogP contribution in [0.1, 0.15) is 20.3 Å². The van der Waals surface area contributed by atoms with E-state index < -0.39 is 10.0 Å². The molecule has 0 saturated heterocycles. The molecule has 19 heavy (non-hydrogen) atoms. The standard InChI is InChI=1S/C13H21ClN2O2S/c1-10(2)12(15)8-9-16(3)19(17,18)13-7-5-4-6-11(13)14/h4-7,10,12H,8-9,15H2,1-3H3. The molecule has 1 aromatic rings. The van der Waals surface area contributed by atoms with Gasteiger partial charge in [0.05, 0.1) is 5.02 Å². The van der Waals surface area contributed by atoms with Gasteiger partial charge in [-0.1, -0.05) is 37.6 Å². The van der Waals surface area contributed by atoms with Gasteiger partial charge in [-0.05, 0) is 24.5 Å². The van der Waals surface area contributed by atoms with Gasteiger partial charge >= 0.3 is 0 Å². The van der Waals surface area contributed by atoms with Crippen molar-refractivity contribution in [3.8, 4) is 0 Å². The molecule has 0 aliphatic rings. The summed E-state index contributed by atoms with van der Waals surface area (Å²) < 4.78 is 26.0. The van der Waals surface area contributed by atoms with Crippen molar-refractivity contribution in [1.29, 1.82) is 0 Å². The van der Waals surface area contributed by atoms with E-state index in [1.807, 2.05) is 13.8 Å². The number of halogens is 1. The van der Waals surface area contributed by atoms with E-state index >= 15 is 0 Å². The minimum atomic E-state index is -3.55. The molecule has 2 N–H and O–H groups in total. The van der Waals surface area contributed by atoms with E-state index in [1.165, 1.54) is 10.4 Å². The van der Waals surface area contributed by atoms with Crippen LogP contribution in [0.25, 0.3) is 0 Å². The topological polar surface area (TPSA) is 63.4 Å². The molecule has 108 valence electrons. The first-order valence-electron chi connectivity index (χ1n) is 6.23. The van der Waals surface area contributed by atoms with Gasteiger partial charge in [-0.15, -0.1) is 0 Å². The molecule has 6 heteroatoms. The molecule has 0 aliphatic carbocycles. The highest BCUT2D eigenvalue weighted by molar-refractivity contribution is 7.89. The highest BCUT2D eigenvalue weighted by Crippen LogP contribution is 2.23. The second-order valence-corrected chi connectivity index (χ2v) is 7.37. The molecule has 0 aromatic heterocycles. The summed E-state index contributed by atoms with van der Waals surface area (Å²) in [6, 6.07) is 6.44. The number of nitrogens with two attached hydrogens (primary N) is 1. The van der Waals surface area contributed by atoms with Gasteiger partial charge in [0, 0.05) is 19.6 Å². The number of hydrogen-bond acceptors (Lipinski definition) is 3. The van der Waals surface area contributed by atoms with Crippen molar-refractivity contribution >= 4 is 21.6 Å². The summed E-state index contributed by atoms with van der Waals surface area (Å²) in [6.45, 7) is 4.42. The van der Waals surface area contributed by atoms with Gasteiger partial charge < -0.3 is 5.73 Å². The summed E-state index contributed by atoms with van der Waals surface area (Å²) in [6.07, 6.45) is 0.623. The fourth-order valence-electron chi connectivity index (χ4n) is 1.61. The Hall–Kier alpha value is -0.620. The minimum Gasteiger partial charge on any atom is -0.327 e. The van der Waals surface area contributed by atoms with Crippen LogP contribution in [0.3, 0.4) is 0 Å². The zero-order valence-electron chi connectivity index (χ0n) is 11.5. The van der Waals surface area contributed by atoms with Gasteiger partial charge in [0.1, 0.15) is 4.90 Å². The normalized spacial score (nSPS) is 14.1. The largest absolute Gasteiger partial charge is 0.327 e. The van der Waals surface area contributed by atoms with Crippen LogP contribution in [0.15, 0.2) is 29.2 Å². The number of benzene rings is 1. The van der Waals surface area contributed by atoms with Crippen molar-refractivity contribution in [2.75, 3.05) is 13.6 Å². The van der Waals surface area contributed by atoms with Gasteiger partial charge in [0.25, 0.3) is 0 Å². The average molecular weight is 305 g/mol. The van der Waals surface area contributed by atoms with Crippen molar-refractivity contribution < 1.29 is 8.42 Å². The number of rotatable bonds is 6. The lowest BCUT2D eigenvalue weighted by Gasteiger charge is -2.21. The highest BCUT2D eigenvalue weighted by Gasteiger charge is 2.23. The van der Waals surface area contributed by atoms with Crippen molar-refractivity contribution in [3.63, 3.8) is 0 Å². The average Bonchev–Trinajstić information content (AvgIpc) is 2.35. The Morgan fingerprint density at radius 2 is 1.89 bits per heavy atom. The Labute approximate surface area is 120 Å². The molecule has 0 bridgehead atoms. The molecule has 1 rings (SSSR count). The van der Waals surface area contributed by atoms with Gasteiger partial charge in [-0.3, -0.25) is 0 Å². The lowest BCUT2D eigenvalue weighted by molar-refractivity contribution is 0.397. The third kappa shape index (κ3) is 4.18. The monoisotopic (exact) mass is 304 g/mol. The van der Waals surface area contributed by atoms with Crippen LogP contribution < -0.4 is 5.73 Å². The van der Waals surface area contributed by atoms with Crippen LogP contribution in [0.4, 0.5) is 0 Å². The molecule has 0 saturated carbocycles. The maximum Gasteiger partial charge on any atom is 0.244 e. The Morgan fingerprint density at radius 1 is 1.32 bits per heavy atom. The third-order valence-corrected chi connectivity index (χ3v) is 5.52. The first-order chi connectivity index (χ1) is 8.76. The molecular formula is C13H21ClN2O2S. The summed E-state index contributed by atoms with van der Waals surface area (Å²) >= 11 is 5.94. The van der Waals surface area contributed by atoms with E-state index in [0.29, 0.717) is 18.9 Å². The molecule has 1 atom stereocenters. The molecule has 0 aliphatic heterocycles. The molecule has 1 unspecified atom stereocenters. The third-order valence-electron chi connectivity index (χ3n) is 3.16. The van der Waals surface area contributed by atoms with Crippen LogP contribution in [-0.4, -0.2) is 32.4 Å². The van der Waals surface area contributed by atoms with Crippen LogP contribution in [0.5, 0.6) is 0 Å². The summed E-state index contributed by atoms with van der Waals surface area (Å²) in [5.41, 5.74) is 5.93. The quantitative estimate of drug-likeness (QED) is 0.877. The molecule has 0 heterocycles. The highest BCUT2D eigenvalue weighted by atomic mass is 35.5. The molecule has 0 radical (unpaired) electrons. The molecule has 0 amide bonds. The summed E-state index contributed by atoms with van der Waals surface area (Å²) in [4.78, 5) is 0.136. The van der Waals surface area contributed by atoms with Crippen LogP contribution in [-0.2, 0) is 10.0 Å². The van der Waals surface area contributed by atoms with Crippen LogP contribution in [0, 0.1) is 5.92 Å². The molecule has 1 aromatic carbocycles. The van der Waals surface area contributed by atoms with E-state index in [0.717, 1.165) is 0 Å². The van der Waals surface area contributed by atoms with E-state index in [-0.39, 0.29) is 16.0 Å². The maximum absolute atomic E-state index is 12.3. The fraction of sp³-hybridized carbons (Fsp3) is 0.538. The van der Waals surface area contributed by atoms with Crippen LogP contribution >= 0.6 is 11.6 Å². The summed E-state index contributed by atoms with van der Waals surface area (Å²) in [5, 5.41) is 0.238. The summed E-state index contributed by atoms with van der Waals surface area (Å²) in [5.74, 6) is 0.330. The Morgan fingerprint density at radius 3 is 2.42 bits per heavy atom. The van der Waals surface area contributed by atoms with Crippen LogP contribution in [0.2, 0.25) is 5.02 Å². The number of nitrogens with zero attached hydrogens (tertiary/aromatic N) is 1. The van der Waals surface area contributed by atoms with Gasteiger partial charge in [-0.25, -0.2) is 12.7 Å². The second kappa shape index (κ2) is 6.70. The molecule has 4 nitrogen and oxygen atoms in total. The number of hydrogen-bond donors (Lipinski definition) is 1. The lowest BCUT2D eigenvalue weighted by atomic mass is 10.0. The minimum absolute atomic E-state index is 0.0103. The SMILES string of the molecule is CC(C)C(N)CCN(C)S(=O)(=O)c1ccccc1Cl. The van der Waals surface area contributed by atoms with Crippen molar-refractivity contribution in [2.45, 2.75) is 31.2 Å². The maximum atomic E-state index is 12.3. The van der Waals surface area contributed by atoms with Gasteiger partial charge in [0.2, 0.25) is 10.0 Å². The zero-order chi connectivity index (χ0) is 14.6. The van der Waals surface area contributed by atoms with E-state index in [9.17, 15) is 8.42 Å². The smallest absolute Gasteiger partial charge is 0.244 e.